The molecule has 5 nitrogen and oxygen atoms in total. The number of hydrogen-bond acceptors (Lipinski definition) is 4. The molecule has 1 saturated carbocycles. The Morgan fingerprint density at radius 1 is 1.08 bits per heavy atom. The number of alkyl halides is 3. The maximum absolute atomic E-state index is 12.6. The number of hydrogen-bond donors (Lipinski definition) is 1. The highest BCUT2D eigenvalue weighted by Crippen LogP contribution is 2.31. The van der Waals surface area contributed by atoms with Crippen molar-refractivity contribution < 1.29 is 32.2 Å². The highest BCUT2D eigenvalue weighted by atomic mass is 19.4. The number of rotatable bonds is 6. The van der Waals surface area contributed by atoms with Crippen molar-refractivity contribution in [2.24, 2.45) is 0 Å². The van der Waals surface area contributed by atoms with Crippen molar-refractivity contribution in [1.82, 2.24) is 5.32 Å². The molecule has 26 heavy (non-hydrogen) atoms. The number of benzene rings is 1. The van der Waals surface area contributed by atoms with Gasteiger partial charge in [-0.25, -0.2) is 4.79 Å². The summed E-state index contributed by atoms with van der Waals surface area (Å²) in [6, 6.07) is 4.30. The Balaban J connectivity index is 1.71. The monoisotopic (exact) mass is 373 g/mol. The first-order valence-electron chi connectivity index (χ1n) is 8.59. The summed E-state index contributed by atoms with van der Waals surface area (Å²) in [4.78, 5) is 23.4. The maximum atomic E-state index is 12.6. The summed E-state index contributed by atoms with van der Waals surface area (Å²) in [5.41, 5.74) is -0.869. The fraction of sp³-hybridized carbons (Fsp3) is 0.556. The third-order valence-electron chi connectivity index (χ3n) is 4.10. The Hall–Kier alpha value is -2.25. The number of ether oxygens (including phenoxy) is 2. The molecule has 1 fully saturated rings. The first-order valence-corrected chi connectivity index (χ1v) is 8.59. The van der Waals surface area contributed by atoms with Crippen LogP contribution in [0.5, 0.6) is 5.75 Å². The van der Waals surface area contributed by atoms with Gasteiger partial charge in [-0.15, -0.1) is 0 Å². The van der Waals surface area contributed by atoms with Crippen LogP contribution in [-0.2, 0) is 20.5 Å². The Bertz CT molecular complexity index is 611. The molecule has 8 heteroatoms. The van der Waals surface area contributed by atoms with Crippen LogP contribution in [-0.4, -0.2) is 31.1 Å². The van der Waals surface area contributed by atoms with Crippen LogP contribution >= 0.6 is 0 Å². The standard InChI is InChI=1S/C18H22F3NO4/c19-18(20,21)13-6-5-9-15(10-13)25-12-17(24)26-11-16(23)22-14-7-3-1-2-4-8-14/h5-6,9-10,14H,1-4,7-8,11-12H2,(H,22,23). The number of carbonyl (C=O) groups is 2. The van der Waals surface area contributed by atoms with Crippen molar-refractivity contribution >= 4 is 11.9 Å². The fourth-order valence-electron chi connectivity index (χ4n) is 2.79. The van der Waals surface area contributed by atoms with Crippen molar-refractivity contribution in [2.75, 3.05) is 13.2 Å². The van der Waals surface area contributed by atoms with Gasteiger partial charge in [0.15, 0.2) is 13.2 Å². The molecule has 0 saturated heterocycles. The summed E-state index contributed by atoms with van der Waals surface area (Å²) < 4.78 is 47.6. The second kappa shape index (κ2) is 9.45. The van der Waals surface area contributed by atoms with E-state index in [1.54, 1.807) is 0 Å². The number of halogens is 3. The second-order valence-corrected chi connectivity index (χ2v) is 6.23. The van der Waals surface area contributed by atoms with Gasteiger partial charge < -0.3 is 14.8 Å². The van der Waals surface area contributed by atoms with E-state index in [2.05, 4.69) is 5.32 Å². The molecular formula is C18H22F3NO4. The normalized spacial score (nSPS) is 15.8. The molecule has 0 bridgehead atoms. The second-order valence-electron chi connectivity index (χ2n) is 6.23. The molecule has 0 spiro atoms. The van der Waals surface area contributed by atoms with Crippen LogP contribution in [0.2, 0.25) is 0 Å². The lowest BCUT2D eigenvalue weighted by Crippen LogP contribution is -2.37. The Labute approximate surface area is 149 Å². The van der Waals surface area contributed by atoms with Crippen molar-refractivity contribution in [2.45, 2.75) is 50.7 Å². The topological polar surface area (TPSA) is 64.6 Å². The average molecular weight is 373 g/mol. The van der Waals surface area contributed by atoms with Gasteiger partial charge in [0, 0.05) is 6.04 Å². The van der Waals surface area contributed by atoms with Crippen molar-refractivity contribution in [3.8, 4) is 5.75 Å². The Morgan fingerprint density at radius 3 is 2.42 bits per heavy atom. The van der Waals surface area contributed by atoms with Crippen molar-refractivity contribution in [3.63, 3.8) is 0 Å². The molecule has 2 rings (SSSR count). The van der Waals surface area contributed by atoms with Crippen LogP contribution in [0.15, 0.2) is 24.3 Å². The van der Waals surface area contributed by atoms with E-state index in [-0.39, 0.29) is 17.7 Å². The molecular weight excluding hydrogens is 351 g/mol. The smallest absolute Gasteiger partial charge is 0.416 e. The van der Waals surface area contributed by atoms with Gasteiger partial charge in [-0.05, 0) is 31.0 Å². The molecule has 1 aromatic carbocycles. The molecule has 0 atom stereocenters. The molecule has 1 aliphatic rings. The van der Waals surface area contributed by atoms with Gasteiger partial charge in [-0.2, -0.15) is 13.2 Å². The van der Waals surface area contributed by atoms with Gasteiger partial charge in [-0.1, -0.05) is 31.7 Å². The summed E-state index contributed by atoms with van der Waals surface area (Å²) in [6.07, 6.45) is 1.79. The number of esters is 1. The van der Waals surface area contributed by atoms with Gasteiger partial charge in [0.05, 0.1) is 5.56 Å². The zero-order chi connectivity index (χ0) is 19.0. The molecule has 1 N–H and O–H groups in total. The van der Waals surface area contributed by atoms with Gasteiger partial charge >= 0.3 is 12.1 Å². The predicted molar refractivity (Wildman–Crippen MR) is 87.5 cm³/mol. The molecule has 1 aromatic rings. The maximum Gasteiger partial charge on any atom is 0.416 e. The highest BCUT2D eigenvalue weighted by molar-refractivity contribution is 5.81. The van der Waals surface area contributed by atoms with Crippen LogP contribution in [0.1, 0.15) is 44.1 Å². The van der Waals surface area contributed by atoms with E-state index in [1.807, 2.05) is 0 Å². The summed E-state index contributed by atoms with van der Waals surface area (Å²) in [5.74, 6) is -1.30. The van der Waals surface area contributed by atoms with Crippen LogP contribution in [0.3, 0.4) is 0 Å². The van der Waals surface area contributed by atoms with Gasteiger partial charge in [0.2, 0.25) is 0 Å². The molecule has 0 heterocycles. The van der Waals surface area contributed by atoms with Crippen LogP contribution in [0.4, 0.5) is 13.2 Å². The molecule has 1 aliphatic carbocycles. The molecule has 1 amide bonds. The zero-order valence-electron chi connectivity index (χ0n) is 14.3. The van der Waals surface area contributed by atoms with Crippen molar-refractivity contribution in [1.29, 1.82) is 0 Å². The SMILES string of the molecule is O=C(COC(=O)COc1cccc(C(F)(F)F)c1)NC1CCCCCC1. The lowest BCUT2D eigenvalue weighted by molar-refractivity contribution is -0.150. The third kappa shape index (κ3) is 6.93. The van der Waals surface area contributed by atoms with E-state index in [9.17, 15) is 22.8 Å². The van der Waals surface area contributed by atoms with Gasteiger partial charge in [0.1, 0.15) is 5.75 Å². The van der Waals surface area contributed by atoms with E-state index < -0.39 is 30.9 Å². The summed E-state index contributed by atoms with van der Waals surface area (Å²) in [5, 5.41) is 2.83. The van der Waals surface area contributed by atoms with Gasteiger partial charge in [-0.3, -0.25) is 4.79 Å². The van der Waals surface area contributed by atoms with E-state index in [0.29, 0.717) is 0 Å². The zero-order valence-corrected chi connectivity index (χ0v) is 14.3. The van der Waals surface area contributed by atoms with Gasteiger partial charge in [0.25, 0.3) is 5.91 Å². The third-order valence-corrected chi connectivity index (χ3v) is 4.10. The summed E-state index contributed by atoms with van der Waals surface area (Å²) in [6.45, 7) is -1.00. The largest absolute Gasteiger partial charge is 0.482 e. The number of amides is 1. The Kier molecular flexibility index (Phi) is 7.29. The van der Waals surface area contributed by atoms with Crippen LogP contribution < -0.4 is 10.1 Å². The summed E-state index contributed by atoms with van der Waals surface area (Å²) in [7, 11) is 0. The van der Waals surface area contributed by atoms with E-state index in [1.165, 1.54) is 12.1 Å². The van der Waals surface area contributed by atoms with Crippen molar-refractivity contribution in [3.05, 3.63) is 29.8 Å². The van der Waals surface area contributed by atoms with E-state index >= 15 is 0 Å². The number of nitrogens with one attached hydrogen (secondary N) is 1. The minimum Gasteiger partial charge on any atom is -0.482 e. The number of carbonyl (C=O) groups excluding carboxylic acids is 2. The summed E-state index contributed by atoms with van der Waals surface area (Å²) >= 11 is 0. The van der Waals surface area contributed by atoms with Crippen LogP contribution in [0, 0.1) is 0 Å². The first-order chi connectivity index (χ1) is 12.3. The molecule has 0 aliphatic heterocycles. The predicted octanol–water partition coefficient (Wildman–Crippen LogP) is 3.47. The fourth-order valence-corrected chi connectivity index (χ4v) is 2.79. The lowest BCUT2D eigenvalue weighted by atomic mass is 10.1. The van der Waals surface area contributed by atoms with E-state index in [0.717, 1.165) is 50.7 Å². The molecule has 0 aromatic heterocycles. The minimum absolute atomic E-state index is 0.0975. The first kappa shape index (κ1) is 20.1. The highest BCUT2D eigenvalue weighted by Gasteiger charge is 2.30. The molecule has 0 radical (unpaired) electrons. The molecule has 144 valence electrons. The minimum atomic E-state index is -4.49. The van der Waals surface area contributed by atoms with Crippen LogP contribution in [0.25, 0.3) is 0 Å². The average Bonchev–Trinajstić information content (AvgIpc) is 2.86. The molecule has 0 unspecified atom stereocenters. The quantitative estimate of drug-likeness (QED) is 0.613. The Morgan fingerprint density at radius 2 is 1.77 bits per heavy atom. The van der Waals surface area contributed by atoms with E-state index in [4.69, 9.17) is 9.47 Å². The lowest BCUT2D eigenvalue weighted by Gasteiger charge is -2.16.